The molecule has 0 aliphatic rings. The van der Waals surface area contributed by atoms with Crippen LogP contribution in [0.15, 0.2) is 34.4 Å². The van der Waals surface area contributed by atoms with Gasteiger partial charge in [-0.3, -0.25) is 0 Å². The minimum atomic E-state index is 1.21. The lowest BCUT2D eigenvalue weighted by Gasteiger charge is -2.09. The molecule has 80 valence electrons. The van der Waals surface area contributed by atoms with E-state index in [1.54, 1.807) is 0 Å². The summed E-state index contributed by atoms with van der Waals surface area (Å²) in [5.74, 6) is 0. The molecule has 0 amide bonds. The Kier molecular flexibility index (Phi) is 6.27. The zero-order valence-corrected chi connectivity index (χ0v) is 10.6. The third-order valence-corrected chi connectivity index (χ3v) is 2.84. The van der Waals surface area contributed by atoms with Gasteiger partial charge in [0.15, 0.2) is 0 Å². The number of hydrogen-bond acceptors (Lipinski definition) is 0. The number of rotatable bonds is 4. The average Bonchev–Trinajstić information content (AvgIpc) is 2.16. The molecule has 0 radical (unpaired) electrons. The van der Waals surface area contributed by atoms with Crippen molar-refractivity contribution in [2.24, 2.45) is 0 Å². The van der Waals surface area contributed by atoms with Gasteiger partial charge in [0.25, 0.3) is 0 Å². The first-order valence-corrected chi connectivity index (χ1v) is 5.51. The SMILES string of the molecule is C\C=C/C(C)=C(C)/C(C)=C(\C)CCC. The van der Waals surface area contributed by atoms with Crippen LogP contribution >= 0.6 is 0 Å². The molecule has 0 bridgehead atoms. The van der Waals surface area contributed by atoms with Gasteiger partial charge in [-0.2, -0.15) is 0 Å². The van der Waals surface area contributed by atoms with Gasteiger partial charge in [0.1, 0.15) is 0 Å². The minimum Gasteiger partial charge on any atom is -0.0874 e. The van der Waals surface area contributed by atoms with E-state index >= 15 is 0 Å². The van der Waals surface area contributed by atoms with Crippen molar-refractivity contribution in [3.05, 3.63) is 34.4 Å². The van der Waals surface area contributed by atoms with Crippen molar-refractivity contribution in [2.75, 3.05) is 0 Å². The summed E-state index contributed by atoms with van der Waals surface area (Å²) < 4.78 is 0. The highest BCUT2D eigenvalue weighted by Gasteiger charge is 2.00. The fourth-order valence-electron chi connectivity index (χ4n) is 1.55. The second-order valence-corrected chi connectivity index (χ2v) is 3.96. The Hall–Kier alpha value is -0.780. The molecule has 0 fully saturated rings. The van der Waals surface area contributed by atoms with E-state index in [2.05, 4.69) is 53.7 Å². The van der Waals surface area contributed by atoms with Gasteiger partial charge in [0, 0.05) is 0 Å². The van der Waals surface area contributed by atoms with E-state index in [9.17, 15) is 0 Å². The van der Waals surface area contributed by atoms with Crippen molar-refractivity contribution in [2.45, 2.75) is 54.4 Å². The molecule has 0 aliphatic carbocycles. The van der Waals surface area contributed by atoms with Gasteiger partial charge in [-0.15, -0.1) is 0 Å². The van der Waals surface area contributed by atoms with Gasteiger partial charge in [-0.05, 0) is 57.8 Å². The van der Waals surface area contributed by atoms with Gasteiger partial charge in [0.05, 0.1) is 0 Å². The second kappa shape index (κ2) is 6.64. The molecule has 0 atom stereocenters. The first-order chi connectivity index (χ1) is 6.54. The Bertz CT molecular complexity index is 262. The monoisotopic (exact) mass is 192 g/mol. The Labute approximate surface area is 89.4 Å². The van der Waals surface area contributed by atoms with Crippen LogP contribution in [0.5, 0.6) is 0 Å². The molecule has 0 heterocycles. The molecule has 0 heteroatoms. The summed E-state index contributed by atoms with van der Waals surface area (Å²) in [6.07, 6.45) is 6.73. The third kappa shape index (κ3) is 3.95. The molecule has 0 aromatic rings. The van der Waals surface area contributed by atoms with Crippen molar-refractivity contribution < 1.29 is 0 Å². The van der Waals surface area contributed by atoms with E-state index in [0.29, 0.717) is 0 Å². The molecule has 0 unspecified atom stereocenters. The van der Waals surface area contributed by atoms with Crippen LogP contribution < -0.4 is 0 Å². The Morgan fingerprint density at radius 3 is 2.00 bits per heavy atom. The van der Waals surface area contributed by atoms with Crippen LogP contribution in [0, 0.1) is 0 Å². The summed E-state index contributed by atoms with van der Waals surface area (Å²) >= 11 is 0. The summed E-state index contributed by atoms with van der Waals surface area (Å²) in [6.45, 7) is 13.2. The van der Waals surface area contributed by atoms with Crippen LogP contribution in [-0.2, 0) is 0 Å². The smallest absolute Gasteiger partial charge is 0.0320 e. The maximum atomic E-state index is 2.24. The van der Waals surface area contributed by atoms with E-state index in [1.165, 1.54) is 35.1 Å². The van der Waals surface area contributed by atoms with Crippen LogP contribution in [0.1, 0.15) is 54.4 Å². The molecular formula is C14H24. The van der Waals surface area contributed by atoms with Gasteiger partial charge < -0.3 is 0 Å². The predicted octanol–water partition coefficient (Wildman–Crippen LogP) is 5.04. The average molecular weight is 192 g/mol. The van der Waals surface area contributed by atoms with E-state index in [1.807, 2.05) is 0 Å². The first-order valence-electron chi connectivity index (χ1n) is 5.51. The van der Waals surface area contributed by atoms with Gasteiger partial charge in [0.2, 0.25) is 0 Å². The maximum Gasteiger partial charge on any atom is -0.0320 e. The Morgan fingerprint density at radius 1 is 1.00 bits per heavy atom. The van der Waals surface area contributed by atoms with Crippen molar-refractivity contribution in [1.82, 2.24) is 0 Å². The zero-order valence-electron chi connectivity index (χ0n) is 10.6. The molecule has 0 aliphatic heterocycles. The zero-order chi connectivity index (χ0) is 11.1. The lowest BCUT2D eigenvalue weighted by atomic mass is 9.97. The van der Waals surface area contributed by atoms with E-state index < -0.39 is 0 Å². The summed E-state index contributed by atoms with van der Waals surface area (Å²) in [6, 6.07) is 0. The van der Waals surface area contributed by atoms with Crippen LogP contribution in [0.4, 0.5) is 0 Å². The van der Waals surface area contributed by atoms with E-state index in [4.69, 9.17) is 0 Å². The summed E-state index contributed by atoms with van der Waals surface area (Å²) in [5.41, 5.74) is 5.78. The molecular weight excluding hydrogens is 168 g/mol. The minimum absolute atomic E-state index is 1.21. The second-order valence-electron chi connectivity index (χ2n) is 3.96. The largest absolute Gasteiger partial charge is 0.0874 e. The fraction of sp³-hybridized carbons (Fsp3) is 0.571. The highest BCUT2D eigenvalue weighted by molar-refractivity contribution is 5.38. The highest BCUT2D eigenvalue weighted by Crippen LogP contribution is 2.20. The maximum absolute atomic E-state index is 2.24. The third-order valence-electron chi connectivity index (χ3n) is 2.84. The van der Waals surface area contributed by atoms with Crippen LogP contribution in [-0.4, -0.2) is 0 Å². The molecule has 0 spiro atoms. The Morgan fingerprint density at radius 2 is 1.57 bits per heavy atom. The molecule has 14 heavy (non-hydrogen) atoms. The van der Waals surface area contributed by atoms with Gasteiger partial charge in [-0.25, -0.2) is 0 Å². The molecule has 0 saturated carbocycles. The summed E-state index contributed by atoms with van der Waals surface area (Å²) in [4.78, 5) is 0. The van der Waals surface area contributed by atoms with Crippen molar-refractivity contribution >= 4 is 0 Å². The molecule has 0 nitrogen and oxygen atoms in total. The van der Waals surface area contributed by atoms with Crippen molar-refractivity contribution in [3.8, 4) is 0 Å². The van der Waals surface area contributed by atoms with Crippen LogP contribution in [0.2, 0.25) is 0 Å². The fourth-order valence-corrected chi connectivity index (χ4v) is 1.55. The standard InChI is InChI=1S/C14H24/c1-7-9-11(3)13(5)14(6)12(4)10-8-2/h7,9H,8,10H2,1-6H3/b9-7-,13-11+,14-12+. The van der Waals surface area contributed by atoms with Gasteiger partial charge in [-0.1, -0.05) is 31.1 Å². The molecule has 0 N–H and O–H groups in total. The number of hydrogen-bond donors (Lipinski definition) is 0. The Balaban J connectivity index is 4.92. The normalized spacial score (nSPS) is 15.6. The van der Waals surface area contributed by atoms with Crippen LogP contribution in [0.3, 0.4) is 0 Å². The molecule has 0 aromatic carbocycles. The summed E-state index contributed by atoms with van der Waals surface area (Å²) in [7, 11) is 0. The topological polar surface area (TPSA) is 0 Å². The molecule has 0 saturated heterocycles. The van der Waals surface area contributed by atoms with Crippen LogP contribution in [0.25, 0.3) is 0 Å². The number of allylic oxidation sites excluding steroid dienone is 6. The van der Waals surface area contributed by atoms with E-state index in [0.717, 1.165) is 0 Å². The molecule has 0 rings (SSSR count). The highest BCUT2D eigenvalue weighted by atomic mass is 14.1. The van der Waals surface area contributed by atoms with Gasteiger partial charge >= 0.3 is 0 Å². The predicted molar refractivity (Wildman–Crippen MR) is 66.5 cm³/mol. The quantitative estimate of drug-likeness (QED) is 0.548. The summed E-state index contributed by atoms with van der Waals surface area (Å²) in [5, 5.41) is 0. The van der Waals surface area contributed by atoms with E-state index in [-0.39, 0.29) is 0 Å². The molecule has 0 aromatic heterocycles. The van der Waals surface area contributed by atoms with Crippen molar-refractivity contribution in [3.63, 3.8) is 0 Å². The lowest BCUT2D eigenvalue weighted by Crippen LogP contribution is -1.89. The van der Waals surface area contributed by atoms with Crippen molar-refractivity contribution in [1.29, 1.82) is 0 Å². The lowest BCUT2D eigenvalue weighted by molar-refractivity contribution is 0.891. The first kappa shape index (κ1) is 13.2.